The summed E-state index contributed by atoms with van der Waals surface area (Å²) < 4.78 is 4.74. The van der Waals surface area contributed by atoms with Crippen LogP contribution in [0, 0.1) is 5.92 Å². The maximum atomic E-state index is 10.6. The Hall–Kier alpha value is -1.98. The second-order valence-electron chi connectivity index (χ2n) is 2.86. The molecule has 1 aromatic rings. The fraction of sp³-hybridized carbons (Fsp3) is 0.333. The van der Waals surface area contributed by atoms with Crippen LogP contribution in [0.4, 0.5) is 0 Å². The minimum atomic E-state index is -1.15. The summed E-state index contributed by atoms with van der Waals surface area (Å²) in [4.78, 5) is 28.6. The molecule has 1 unspecified atom stereocenters. The summed E-state index contributed by atoms with van der Waals surface area (Å²) in [5.41, 5.74) is 0.579. The Morgan fingerprint density at radius 1 is 1.60 bits per heavy atom. The van der Waals surface area contributed by atoms with Gasteiger partial charge in [-0.05, 0) is 12.0 Å². The molecule has 0 fully saturated rings. The Balaban J connectivity index is 2.71. The average Bonchev–Trinajstić information content (AvgIpc) is 2.26. The number of carboxylic acid groups (broad SMARTS) is 1. The maximum absolute atomic E-state index is 10.6. The number of hydrogen-bond acceptors (Lipinski definition) is 5. The van der Waals surface area contributed by atoms with Crippen molar-refractivity contribution in [2.75, 3.05) is 7.11 Å². The third-order valence-electron chi connectivity index (χ3n) is 1.80. The van der Waals surface area contributed by atoms with Gasteiger partial charge in [-0.25, -0.2) is 9.97 Å². The number of aldehydes is 1. The number of aliphatic carboxylic acids is 1. The van der Waals surface area contributed by atoms with E-state index in [0.29, 0.717) is 11.8 Å². The first-order valence-electron chi connectivity index (χ1n) is 4.20. The van der Waals surface area contributed by atoms with Gasteiger partial charge in [0.25, 0.3) is 0 Å². The van der Waals surface area contributed by atoms with Crippen molar-refractivity contribution in [2.45, 2.75) is 6.42 Å². The maximum Gasteiger partial charge on any atom is 0.316 e. The monoisotopic (exact) mass is 210 g/mol. The molecule has 0 aliphatic carbocycles. The number of carboxylic acids is 1. The second-order valence-corrected chi connectivity index (χ2v) is 2.86. The minimum absolute atomic E-state index is 0.0861. The average molecular weight is 210 g/mol. The van der Waals surface area contributed by atoms with E-state index in [-0.39, 0.29) is 12.4 Å². The van der Waals surface area contributed by atoms with Gasteiger partial charge in [-0.3, -0.25) is 4.79 Å². The van der Waals surface area contributed by atoms with Crippen LogP contribution in [0.3, 0.4) is 0 Å². The molecular formula is C9H10N2O4. The van der Waals surface area contributed by atoms with Crippen LogP contribution in [0.1, 0.15) is 5.56 Å². The van der Waals surface area contributed by atoms with E-state index >= 15 is 0 Å². The SMILES string of the molecule is COc1ncc(CC(C=O)C(=O)O)cn1. The second kappa shape index (κ2) is 5.04. The van der Waals surface area contributed by atoms with Crippen molar-refractivity contribution in [1.29, 1.82) is 0 Å². The standard InChI is InChI=1S/C9H10N2O4/c1-15-9-10-3-6(4-11-9)2-7(5-12)8(13)14/h3-5,7H,2H2,1H3,(H,13,14). The summed E-state index contributed by atoms with van der Waals surface area (Å²) in [6.07, 6.45) is 3.35. The lowest BCUT2D eigenvalue weighted by Crippen LogP contribution is -2.17. The van der Waals surface area contributed by atoms with Crippen molar-refractivity contribution >= 4 is 12.3 Å². The van der Waals surface area contributed by atoms with Crippen LogP contribution in [0.15, 0.2) is 12.4 Å². The third-order valence-corrected chi connectivity index (χ3v) is 1.80. The summed E-state index contributed by atoms with van der Waals surface area (Å²) in [5, 5.41) is 8.64. The topological polar surface area (TPSA) is 89.4 Å². The molecule has 6 heteroatoms. The molecule has 1 atom stereocenters. The van der Waals surface area contributed by atoms with Gasteiger partial charge in [0.2, 0.25) is 0 Å². The summed E-state index contributed by atoms with van der Waals surface area (Å²) >= 11 is 0. The van der Waals surface area contributed by atoms with Gasteiger partial charge in [0.1, 0.15) is 12.2 Å². The third kappa shape index (κ3) is 3.01. The highest BCUT2D eigenvalue weighted by atomic mass is 16.5. The van der Waals surface area contributed by atoms with E-state index < -0.39 is 11.9 Å². The lowest BCUT2D eigenvalue weighted by molar-refractivity contribution is -0.143. The molecule has 0 spiro atoms. The predicted molar refractivity (Wildman–Crippen MR) is 49.5 cm³/mol. The summed E-state index contributed by atoms with van der Waals surface area (Å²) in [5.74, 6) is -2.21. The zero-order chi connectivity index (χ0) is 11.3. The zero-order valence-electron chi connectivity index (χ0n) is 8.08. The molecular weight excluding hydrogens is 200 g/mol. The quantitative estimate of drug-likeness (QED) is 0.540. The zero-order valence-corrected chi connectivity index (χ0v) is 8.08. The van der Waals surface area contributed by atoms with Crippen molar-refractivity contribution in [3.63, 3.8) is 0 Å². The van der Waals surface area contributed by atoms with E-state index in [9.17, 15) is 9.59 Å². The van der Waals surface area contributed by atoms with E-state index in [1.165, 1.54) is 19.5 Å². The van der Waals surface area contributed by atoms with Crippen LogP contribution < -0.4 is 4.74 Å². The molecule has 0 radical (unpaired) electrons. The Kier molecular flexibility index (Phi) is 3.73. The van der Waals surface area contributed by atoms with E-state index in [1.807, 2.05) is 0 Å². The molecule has 0 saturated heterocycles. The highest BCUT2D eigenvalue weighted by Gasteiger charge is 2.17. The molecule has 0 amide bonds. The van der Waals surface area contributed by atoms with Crippen LogP contribution in [0.2, 0.25) is 0 Å². The number of hydrogen-bond donors (Lipinski definition) is 1. The van der Waals surface area contributed by atoms with E-state index in [2.05, 4.69) is 9.97 Å². The van der Waals surface area contributed by atoms with E-state index in [0.717, 1.165) is 0 Å². The smallest absolute Gasteiger partial charge is 0.316 e. The van der Waals surface area contributed by atoms with Crippen LogP contribution in [0.5, 0.6) is 6.01 Å². The minimum Gasteiger partial charge on any atom is -0.481 e. The molecule has 0 saturated carbocycles. The first kappa shape index (κ1) is 11.1. The Bertz CT molecular complexity index is 350. The van der Waals surface area contributed by atoms with Crippen LogP contribution in [0.25, 0.3) is 0 Å². The Labute approximate surface area is 85.9 Å². The van der Waals surface area contributed by atoms with Gasteiger partial charge in [-0.2, -0.15) is 0 Å². The first-order valence-corrected chi connectivity index (χ1v) is 4.20. The van der Waals surface area contributed by atoms with Crippen molar-refractivity contribution < 1.29 is 19.4 Å². The van der Waals surface area contributed by atoms with Crippen molar-refractivity contribution in [3.05, 3.63) is 18.0 Å². The largest absolute Gasteiger partial charge is 0.481 e. The van der Waals surface area contributed by atoms with Crippen LogP contribution in [-0.4, -0.2) is 34.4 Å². The van der Waals surface area contributed by atoms with Crippen molar-refractivity contribution in [3.8, 4) is 6.01 Å². The molecule has 0 aromatic carbocycles. The normalized spacial score (nSPS) is 11.8. The van der Waals surface area contributed by atoms with Gasteiger partial charge in [-0.1, -0.05) is 0 Å². The van der Waals surface area contributed by atoms with E-state index in [1.54, 1.807) is 0 Å². The summed E-state index contributed by atoms with van der Waals surface area (Å²) in [7, 11) is 1.43. The number of methoxy groups -OCH3 is 1. The van der Waals surface area contributed by atoms with Gasteiger partial charge in [0.05, 0.1) is 7.11 Å². The van der Waals surface area contributed by atoms with Crippen molar-refractivity contribution in [1.82, 2.24) is 9.97 Å². The molecule has 1 aromatic heterocycles. The summed E-state index contributed by atoms with van der Waals surface area (Å²) in [6, 6.07) is 0.205. The number of carbonyl (C=O) groups excluding carboxylic acids is 1. The van der Waals surface area contributed by atoms with Gasteiger partial charge in [-0.15, -0.1) is 0 Å². The lowest BCUT2D eigenvalue weighted by Gasteiger charge is -2.04. The fourth-order valence-corrected chi connectivity index (χ4v) is 1.00. The first-order chi connectivity index (χ1) is 7.17. The Morgan fingerprint density at radius 2 is 2.20 bits per heavy atom. The van der Waals surface area contributed by atoms with Gasteiger partial charge < -0.3 is 14.6 Å². The van der Waals surface area contributed by atoms with E-state index in [4.69, 9.17) is 9.84 Å². The molecule has 1 N–H and O–H groups in total. The molecule has 1 heterocycles. The van der Waals surface area contributed by atoms with Gasteiger partial charge >= 0.3 is 12.0 Å². The van der Waals surface area contributed by atoms with Crippen LogP contribution in [-0.2, 0) is 16.0 Å². The number of carbonyl (C=O) groups is 2. The molecule has 0 aliphatic heterocycles. The predicted octanol–water partition coefficient (Wildman–Crippen LogP) is -0.0726. The fourth-order valence-electron chi connectivity index (χ4n) is 1.00. The number of rotatable bonds is 5. The number of aromatic nitrogens is 2. The molecule has 0 aliphatic rings. The molecule has 0 bridgehead atoms. The Morgan fingerprint density at radius 3 is 2.60 bits per heavy atom. The summed E-state index contributed by atoms with van der Waals surface area (Å²) in [6.45, 7) is 0. The lowest BCUT2D eigenvalue weighted by atomic mass is 10.0. The highest BCUT2D eigenvalue weighted by Crippen LogP contribution is 2.07. The molecule has 80 valence electrons. The van der Waals surface area contributed by atoms with Gasteiger partial charge in [0.15, 0.2) is 0 Å². The molecule has 6 nitrogen and oxygen atoms in total. The van der Waals surface area contributed by atoms with Crippen molar-refractivity contribution in [2.24, 2.45) is 5.92 Å². The molecule has 1 rings (SSSR count). The van der Waals surface area contributed by atoms with Gasteiger partial charge in [0, 0.05) is 12.4 Å². The number of ether oxygens (including phenoxy) is 1. The number of nitrogens with zero attached hydrogens (tertiary/aromatic N) is 2. The molecule has 15 heavy (non-hydrogen) atoms. The van der Waals surface area contributed by atoms with Crippen LogP contribution >= 0.6 is 0 Å². The highest BCUT2D eigenvalue weighted by molar-refractivity contribution is 5.86.